The van der Waals surface area contributed by atoms with Crippen molar-refractivity contribution >= 4 is 5.69 Å². The van der Waals surface area contributed by atoms with Crippen LogP contribution in [0.15, 0.2) is 104 Å². The van der Waals surface area contributed by atoms with Crippen LogP contribution in [0.5, 0.6) is 0 Å². The van der Waals surface area contributed by atoms with Crippen LogP contribution >= 0.6 is 0 Å². The molecule has 126 valence electrons. The maximum Gasteiger partial charge on any atom is 0.165 e. The molecule has 0 unspecified atom stereocenters. The third-order valence-electron chi connectivity index (χ3n) is 4.25. The number of hydrogen-bond donors (Lipinski definition) is 1. The Bertz CT molecular complexity index is 846. The van der Waals surface area contributed by atoms with Crippen LogP contribution in [-0.4, -0.2) is 15.0 Å². The van der Waals surface area contributed by atoms with E-state index in [4.69, 9.17) is 0 Å². The number of nitrogens with zero attached hydrogens (tertiary/aromatic N) is 3. The molecule has 0 fully saturated rings. The van der Waals surface area contributed by atoms with Gasteiger partial charge in [0.05, 0.1) is 17.1 Å². The van der Waals surface area contributed by atoms with Crippen LogP contribution in [0.3, 0.4) is 0 Å². The zero-order valence-electron chi connectivity index (χ0n) is 14.2. The summed E-state index contributed by atoms with van der Waals surface area (Å²) in [4.78, 5) is 14.0. The van der Waals surface area contributed by atoms with Gasteiger partial charge in [-0.3, -0.25) is 15.0 Å². The molecular weight excluding hydrogens is 320 g/mol. The van der Waals surface area contributed by atoms with E-state index in [1.807, 2.05) is 84.9 Å². The summed E-state index contributed by atoms with van der Waals surface area (Å²) in [5, 5.41) is 3.65. The van der Waals surface area contributed by atoms with Crippen molar-refractivity contribution in [2.45, 2.75) is 5.54 Å². The van der Waals surface area contributed by atoms with Crippen molar-refractivity contribution < 1.29 is 0 Å². The molecule has 3 heterocycles. The van der Waals surface area contributed by atoms with Crippen molar-refractivity contribution in [1.29, 1.82) is 0 Å². The van der Waals surface area contributed by atoms with Crippen molar-refractivity contribution in [1.82, 2.24) is 15.0 Å². The fourth-order valence-electron chi connectivity index (χ4n) is 3.08. The Labute approximate surface area is 152 Å². The number of aromatic nitrogens is 3. The van der Waals surface area contributed by atoms with E-state index in [-0.39, 0.29) is 0 Å². The van der Waals surface area contributed by atoms with Gasteiger partial charge >= 0.3 is 0 Å². The molecule has 4 aromatic rings. The monoisotopic (exact) mass is 338 g/mol. The third-order valence-corrected chi connectivity index (χ3v) is 4.25. The quantitative estimate of drug-likeness (QED) is 0.590. The molecule has 0 saturated carbocycles. The first-order valence-electron chi connectivity index (χ1n) is 8.47. The summed E-state index contributed by atoms with van der Waals surface area (Å²) in [5.41, 5.74) is 2.67. The van der Waals surface area contributed by atoms with Gasteiger partial charge in [-0.1, -0.05) is 36.4 Å². The molecular formula is C22H18N4. The smallest absolute Gasteiger partial charge is 0.165 e. The van der Waals surface area contributed by atoms with Crippen molar-refractivity contribution in [3.63, 3.8) is 0 Å². The molecule has 26 heavy (non-hydrogen) atoms. The lowest BCUT2D eigenvalue weighted by Crippen LogP contribution is -2.40. The lowest BCUT2D eigenvalue weighted by Gasteiger charge is -2.34. The van der Waals surface area contributed by atoms with Crippen molar-refractivity contribution in [3.8, 4) is 0 Å². The number of pyridine rings is 3. The summed E-state index contributed by atoms with van der Waals surface area (Å²) in [5.74, 6) is 0. The number of hydrogen-bond acceptors (Lipinski definition) is 4. The normalized spacial score (nSPS) is 11.1. The number of nitrogens with one attached hydrogen (secondary N) is 1. The summed E-state index contributed by atoms with van der Waals surface area (Å²) in [6.07, 6.45) is 5.38. The van der Waals surface area contributed by atoms with Gasteiger partial charge in [-0.2, -0.15) is 0 Å². The molecule has 0 saturated heterocycles. The average molecular weight is 338 g/mol. The van der Waals surface area contributed by atoms with E-state index in [2.05, 4.69) is 20.3 Å². The van der Waals surface area contributed by atoms with E-state index < -0.39 is 5.54 Å². The molecule has 1 aromatic carbocycles. The van der Waals surface area contributed by atoms with Gasteiger partial charge in [0.25, 0.3) is 0 Å². The molecule has 4 rings (SSSR count). The number of benzene rings is 1. The molecule has 0 spiro atoms. The Balaban J connectivity index is 2.00. The SMILES string of the molecule is c1ccc(NC(c2ccccn2)(c2ccccn2)c2ccccn2)cc1. The first-order valence-corrected chi connectivity index (χ1v) is 8.47. The maximum absolute atomic E-state index is 4.66. The van der Waals surface area contributed by atoms with Gasteiger partial charge in [0.15, 0.2) is 5.54 Å². The Kier molecular flexibility index (Phi) is 4.39. The maximum atomic E-state index is 4.66. The molecule has 0 radical (unpaired) electrons. The van der Waals surface area contributed by atoms with Gasteiger partial charge < -0.3 is 5.32 Å². The summed E-state index contributed by atoms with van der Waals surface area (Å²) < 4.78 is 0. The number of para-hydroxylation sites is 1. The second kappa shape index (κ2) is 7.15. The molecule has 3 aromatic heterocycles. The molecule has 0 amide bonds. The van der Waals surface area contributed by atoms with Crippen LogP contribution < -0.4 is 5.32 Å². The highest BCUT2D eigenvalue weighted by Gasteiger charge is 2.40. The van der Waals surface area contributed by atoms with Gasteiger partial charge in [0.1, 0.15) is 0 Å². The first kappa shape index (κ1) is 16.0. The van der Waals surface area contributed by atoms with E-state index in [1.54, 1.807) is 18.6 Å². The fourth-order valence-corrected chi connectivity index (χ4v) is 3.08. The van der Waals surface area contributed by atoms with E-state index in [1.165, 1.54) is 0 Å². The third kappa shape index (κ3) is 2.93. The van der Waals surface area contributed by atoms with Crippen LogP contribution in [-0.2, 0) is 5.54 Å². The zero-order chi connectivity index (χ0) is 17.7. The number of rotatable bonds is 5. The highest BCUT2D eigenvalue weighted by molar-refractivity contribution is 5.55. The Hall–Kier alpha value is -3.53. The van der Waals surface area contributed by atoms with Crippen LogP contribution in [0.4, 0.5) is 5.69 Å². The Morgan fingerprint density at radius 3 is 1.31 bits per heavy atom. The highest BCUT2D eigenvalue weighted by atomic mass is 15.1. The van der Waals surface area contributed by atoms with Gasteiger partial charge in [0.2, 0.25) is 0 Å². The van der Waals surface area contributed by atoms with Crippen LogP contribution in [0.25, 0.3) is 0 Å². The molecule has 0 bridgehead atoms. The topological polar surface area (TPSA) is 50.7 Å². The van der Waals surface area contributed by atoms with Crippen LogP contribution in [0.2, 0.25) is 0 Å². The fraction of sp³-hybridized carbons (Fsp3) is 0.0455. The predicted octanol–water partition coefficient (Wildman–Crippen LogP) is 4.28. The van der Waals surface area contributed by atoms with E-state index in [9.17, 15) is 0 Å². The first-order chi connectivity index (χ1) is 12.9. The molecule has 4 nitrogen and oxygen atoms in total. The lowest BCUT2D eigenvalue weighted by atomic mass is 9.85. The highest BCUT2D eigenvalue weighted by Crippen LogP contribution is 2.36. The molecule has 0 atom stereocenters. The minimum absolute atomic E-state index is 0.800. The summed E-state index contributed by atoms with van der Waals surface area (Å²) >= 11 is 0. The van der Waals surface area contributed by atoms with Gasteiger partial charge in [-0.25, -0.2) is 0 Å². The second-order valence-corrected chi connectivity index (χ2v) is 5.89. The minimum Gasteiger partial charge on any atom is -0.364 e. The minimum atomic E-state index is -0.800. The van der Waals surface area contributed by atoms with E-state index in [0.717, 1.165) is 22.8 Å². The molecule has 4 heteroatoms. The summed E-state index contributed by atoms with van der Waals surface area (Å²) in [6, 6.07) is 27.7. The van der Waals surface area contributed by atoms with Gasteiger partial charge in [0, 0.05) is 24.3 Å². The van der Waals surface area contributed by atoms with Crippen molar-refractivity contribution in [2.24, 2.45) is 0 Å². The largest absolute Gasteiger partial charge is 0.364 e. The second-order valence-electron chi connectivity index (χ2n) is 5.89. The summed E-state index contributed by atoms with van der Waals surface area (Å²) in [6.45, 7) is 0. The van der Waals surface area contributed by atoms with Crippen molar-refractivity contribution in [3.05, 3.63) is 121 Å². The average Bonchev–Trinajstić information content (AvgIpc) is 2.75. The van der Waals surface area contributed by atoms with Crippen molar-refractivity contribution in [2.75, 3.05) is 5.32 Å². The van der Waals surface area contributed by atoms with Crippen LogP contribution in [0, 0.1) is 0 Å². The predicted molar refractivity (Wildman–Crippen MR) is 103 cm³/mol. The molecule has 1 N–H and O–H groups in total. The molecule has 0 aliphatic carbocycles. The van der Waals surface area contributed by atoms with Gasteiger partial charge in [-0.05, 0) is 48.5 Å². The Morgan fingerprint density at radius 1 is 0.500 bits per heavy atom. The van der Waals surface area contributed by atoms with E-state index in [0.29, 0.717) is 0 Å². The molecule has 0 aliphatic rings. The standard InChI is InChI=1S/C22H18N4/c1-2-10-18(11-3-1)26-22(19-12-4-7-15-23-19,20-13-5-8-16-24-20)21-14-6-9-17-25-21/h1-17,26H. The summed E-state index contributed by atoms with van der Waals surface area (Å²) in [7, 11) is 0. The zero-order valence-corrected chi connectivity index (χ0v) is 14.2. The van der Waals surface area contributed by atoms with Crippen LogP contribution in [0.1, 0.15) is 17.1 Å². The Morgan fingerprint density at radius 2 is 0.923 bits per heavy atom. The van der Waals surface area contributed by atoms with E-state index >= 15 is 0 Å². The van der Waals surface area contributed by atoms with Gasteiger partial charge in [-0.15, -0.1) is 0 Å². The molecule has 0 aliphatic heterocycles. The number of anilines is 1. The lowest BCUT2D eigenvalue weighted by molar-refractivity contribution is 0.636.